The first kappa shape index (κ1) is 5.85. The third kappa shape index (κ3) is 0.654. The van der Waals surface area contributed by atoms with Gasteiger partial charge in [0.1, 0.15) is 0 Å². The first-order chi connectivity index (χ1) is 4.77. The van der Waals surface area contributed by atoms with Crippen LogP contribution in [0.25, 0.3) is 0 Å². The van der Waals surface area contributed by atoms with Crippen LogP contribution in [0.4, 0.5) is 0 Å². The molecular weight excluding hydrogens is 132 g/mol. The van der Waals surface area contributed by atoms with E-state index in [0.29, 0.717) is 13.0 Å². The highest BCUT2D eigenvalue weighted by atomic mass is 16.2. The van der Waals surface area contributed by atoms with E-state index in [1.807, 2.05) is 0 Å². The lowest BCUT2D eigenvalue weighted by Crippen LogP contribution is -2.60. The maximum Gasteiger partial charge on any atom is 0.237 e. The molecule has 1 N–H and O–H groups in total. The molecule has 0 spiro atoms. The average Bonchev–Trinajstić information content (AvgIpc) is 1.91. The Kier molecular flexibility index (Phi) is 1.05. The van der Waals surface area contributed by atoms with E-state index in [0.717, 1.165) is 0 Å². The molecule has 3 saturated heterocycles. The smallest absolute Gasteiger partial charge is 0.237 e. The van der Waals surface area contributed by atoms with Crippen molar-refractivity contribution in [3.8, 4) is 0 Å². The van der Waals surface area contributed by atoms with Crippen LogP contribution in [0.3, 0.4) is 0 Å². The van der Waals surface area contributed by atoms with Crippen LogP contribution in [-0.2, 0) is 9.59 Å². The number of hydrogen-bond acceptors (Lipinski definition) is 3. The van der Waals surface area contributed by atoms with E-state index in [2.05, 4.69) is 5.43 Å². The molecule has 3 aliphatic rings. The van der Waals surface area contributed by atoms with Crippen molar-refractivity contribution in [2.24, 2.45) is 5.92 Å². The number of Topliss-reactive ketones (excluding diaryl/α,β-unsaturated/α-hetero) is 1. The fourth-order valence-electron chi connectivity index (χ4n) is 1.36. The number of ketones is 1. The summed E-state index contributed by atoms with van der Waals surface area (Å²) in [6.07, 6.45) is 0.409. The Hall–Kier alpha value is -0.900. The second-order valence-corrected chi connectivity index (χ2v) is 2.71. The molecule has 2 bridgehead atoms. The van der Waals surface area contributed by atoms with E-state index in [9.17, 15) is 9.59 Å². The van der Waals surface area contributed by atoms with Gasteiger partial charge in [0.2, 0.25) is 5.91 Å². The molecule has 0 aliphatic carbocycles. The summed E-state index contributed by atoms with van der Waals surface area (Å²) in [6, 6.07) is 0. The number of nitrogens with zero attached hydrogens (tertiary/aromatic N) is 1. The quantitative estimate of drug-likeness (QED) is 0.465. The Morgan fingerprint density at radius 1 is 1.50 bits per heavy atom. The van der Waals surface area contributed by atoms with E-state index >= 15 is 0 Å². The summed E-state index contributed by atoms with van der Waals surface area (Å²) in [6.45, 7) is 0.911. The van der Waals surface area contributed by atoms with Crippen molar-refractivity contribution in [3.63, 3.8) is 0 Å². The van der Waals surface area contributed by atoms with Gasteiger partial charge in [0.05, 0.1) is 6.54 Å². The van der Waals surface area contributed by atoms with E-state index < -0.39 is 0 Å². The predicted octanol–water partition coefficient (Wildman–Crippen LogP) is -1.08. The van der Waals surface area contributed by atoms with Gasteiger partial charge in [-0.3, -0.25) is 14.6 Å². The molecule has 1 amide bonds. The van der Waals surface area contributed by atoms with Crippen LogP contribution in [0.1, 0.15) is 6.42 Å². The Morgan fingerprint density at radius 3 is 2.60 bits per heavy atom. The predicted molar refractivity (Wildman–Crippen MR) is 32.8 cm³/mol. The molecule has 3 aliphatic heterocycles. The number of fused-ring (bicyclic) bond motifs is 3. The van der Waals surface area contributed by atoms with Gasteiger partial charge in [0.25, 0.3) is 0 Å². The van der Waals surface area contributed by atoms with Crippen molar-refractivity contribution in [2.45, 2.75) is 6.42 Å². The van der Waals surface area contributed by atoms with Crippen molar-refractivity contribution >= 4 is 11.7 Å². The number of piperidine rings is 1. The highest BCUT2D eigenvalue weighted by Gasteiger charge is 2.37. The summed E-state index contributed by atoms with van der Waals surface area (Å²) in [5.74, 6) is 0.201. The number of nitrogens with one attached hydrogen (secondary N) is 1. The molecule has 54 valence electrons. The van der Waals surface area contributed by atoms with Crippen LogP contribution in [0.15, 0.2) is 0 Å². The lowest BCUT2D eigenvalue weighted by molar-refractivity contribution is -0.153. The number of amides is 1. The minimum atomic E-state index is -0.0440. The first-order valence-electron chi connectivity index (χ1n) is 3.34. The monoisotopic (exact) mass is 140 g/mol. The molecule has 0 saturated carbocycles. The molecule has 4 heteroatoms. The van der Waals surface area contributed by atoms with E-state index in [1.54, 1.807) is 0 Å². The normalized spacial score (nSPS) is 31.6. The van der Waals surface area contributed by atoms with Crippen LogP contribution >= 0.6 is 0 Å². The molecule has 3 rings (SSSR count). The Morgan fingerprint density at radius 2 is 2.30 bits per heavy atom. The van der Waals surface area contributed by atoms with Crippen molar-refractivity contribution in [1.29, 1.82) is 0 Å². The molecule has 0 radical (unpaired) electrons. The summed E-state index contributed by atoms with van der Waals surface area (Å²) in [7, 11) is 0. The molecule has 0 aromatic heterocycles. The average molecular weight is 140 g/mol. The third-order valence-corrected chi connectivity index (χ3v) is 2.02. The summed E-state index contributed by atoms with van der Waals surface area (Å²) >= 11 is 0. The Balaban J connectivity index is 2.23. The van der Waals surface area contributed by atoms with Gasteiger partial charge in [-0.25, -0.2) is 5.43 Å². The van der Waals surface area contributed by atoms with E-state index in [1.165, 1.54) is 5.01 Å². The van der Waals surface area contributed by atoms with Crippen LogP contribution < -0.4 is 5.43 Å². The topological polar surface area (TPSA) is 49.4 Å². The van der Waals surface area contributed by atoms with Gasteiger partial charge in [-0.2, -0.15) is 0 Å². The highest BCUT2D eigenvalue weighted by molar-refractivity contribution is 5.95. The number of hydrazine groups is 1. The van der Waals surface area contributed by atoms with Crippen molar-refractivity contribution in [1.82, 2.24) is 10.4 Å². The maximum absolute atomic E-state index is 11.0. The van der Waals surface area contributed by atoms with Gasteiger partial charge in [-0.1, -0.05) is 0 Å². The van der Waals surface area contributed by atoms with Gasteiger partial charge < -0.3 is 0 Å². The molecule has 1 unspecified atom stereocenters. The zero-order chi connectivity index (χ0) is 7.14. The van der Waals surface area contributed by atoms with Crippen LogP contribution in [0, 0.1) is 5.92 Å². The third-order valence-electron chi connectivity index (χ3n) is 2.02. The zero-order valence-corrected chi connectivity index (χ0v) is 5.46. The van der Waals surface area contributed by atoms with Gasteiger partial charge in [0.15, 0.2) is 5.78 Å². The Labute approximate surface area is 58.2 Å². The fraction of sp³-hybridized carbons (Fsp3) is 0.667. The van der Waals surface area contributed by atoms with Crippen LogP contribution in [-0.4, -0.2) is 29.8 Å². The molecule has 3 heterocycles. The number of hydrogen-bond donors (Lipinski definition) is 1. The summed E-state index contributed by atoms with van der Waals surface area (Å²) in [5.41, 5.74) is 2.86. The minimum absolute atomic E-state index is 0.0440. The highest BCUT2D eigenvalue weighted by Crippen LogP contribution is 2.17. The molecule has 3 fully saturated rings. The summed E-state index contributed by atoms with van der Waals surface area (Å²) < 4.78 is 0. The largest absolute Gasteiger partial charge is 0.297 e. The lowest BCUT2D eigenvalue weighted by atomic mass is 9.93. The fourth-order valence-corrected chi connectivity index (χ4v) is 1.36. The van der Waals surface area contributed by atoms with Crippen molar-refractivity contribution < 1.29 is 9.59 Å². The van der Waals surface area contributed by atoms with Crippen molar-refractivity contribution in [2.75, 3.05) is 13.1 Å². The maximum atomic E-state index is 11.0. The Bertz CT molecular complexity index is 180. The van der Waals surface area contributed by atoms with E-state index in [-0.39, 0.29) is 24.2 Å². The molecular formula is C6H8N2O2. The minimum Gasteiger partial charge on any atom is -0.297 e. The standard InChI is InChI=1S/C6H8N2O2/c9-5-3-8-6(10)1-4(5)2-7-8/h4,7H,1-3H2. The first-order valence-corrected chi connectivity index (χ1v) is 3.34. The molecule has 10 heavy (non-hydrogen) atoms. The molecule has 4 nitrogen and oxygen atoms in total. The van der Waals surface area contributed by atoms with Gasteiger partial charge in [0, 0.05) is 18.9 Å². The van der Waals surface area contributed by atoms with Gasteiger partial charge in [-0.15, -0.1) is 0 Å². The molecule has 1 atom stereocenters. The summed E-state index contributed by atoms with van der Waals surface area (Å²) in [4.78, 5) is 21.9. The van der Waals surface area contributed by atoms with Crippen LogP contribution in [0.2, 0.25) is 0 Å². The lowest BCUT2D eigenvalue weighted by Gasteiger charge is -2.37. The van der Waals surface area contributed by atoms with Gasteiger partial charge in [-0.05, 0) is 0 Å². The number of carbonyl (C=O) groups excluding carboxylic acids is 2. The van der Waals surface area contributed by atoms with Gasteiger partial charge >= 0.3 is 0 Å². The second-order valence-electron chi connectivity index (χ2n) is 2.71. The SMILES string of the molecule is O=C1CN2NCC1CC2=O. The summed E-state index contributed by atoms with van der Waals surface area (Å²) in [5, 5.41) is 1.41. The number of rotatable bonds is 0. The molecule has 0 aromatic rings. The zero-order valence-electron chi connectivity index (χ0n) is 5.46. The second kappa shape index (κ2) is 1.79. The van der Waals surface area contributed by atoms with Crippen molar-refractivity contribution in [3.05, 3.63) is 0 Å². The van der Waals surface area contributed by atoms with Crippen LogP contribution in [0.5, 0.6) is 0 Å². The number of carbonyl (C=O) groups is 2. The van der Waals surface area contributed by atoms with E-state index in [4.69, 9.17) is 0 Å². The molecule has 0 aromatic carbocycles.